The number of rotatable bonds is 1. The molecule has 3 aromatic rings. The maximum absolute atomic E-state index is 9.87. The number of hydrogen-bond donors (Lipinski definition) is 2. The highest BCUT2D eigenvalue weighted by atomic mass is 16.3. The summed E-state index contributed by atoms with van der Waals surface area (Å²) in [7, 11) is 0. The van der Waals surface area contributed by atoms with E-state index in [-0.39, 0.29) is 5.75 Å². The van der Waals surface area contributed by atoms with E-state index in [1.807, 2.05) is 28.8 Å². The van der Waals surface area contributed by atoms with Crippen molar-refractivity contribution in [2.24, 2.45) is 5.73 Å². The van der Waals surface area contributed by atoms with Crippen LogP contribution in [0.15, 0.2) is 36.7 Å². The third-order valence-electron chi connectivity index (χ3n) is 2.78. The Morgan fingerprint density at radius 3 is 3.00 bits per heavy atom. The van der Waals surface area contributed by atoms with Gasteiger partial charge in [-0.05, 0) is 17.5 Å². The highest BCUT2D eigenvalue weighted by Gasteiger charge is 2.08. The van der Waals surface area contributed by atoms with Crippen molar-refractivity contribution >= 4 is 16.4 Å². The lowest BCUT2D eigenvalue weighted by Gasteiger charge is -2.04. The van der Waals surface area contributed by atoms with Crippen LogP contribution in [0.3, 0.4) is 0 Å². The first-order valence-corrected chi connectivity index (χ1v) is 5.08. The third kappa shape index (κ3) is 1.10. The van der Waals surface area contributed by atoms with Crippen LogP contribution in [0, 0.1) is 0 Å². The van der Waals surface area contributed by atoms with Gasteiger partial charge >= 0.3 is 0 Å². The average Bonchev–Trinajstić information content (AvgIpc) is 2.72. The van der Waals surface area contributed by atoms with Gasteiger partial charge in [0.25, 0.3) is 0 Å². The van der Waals surface area contributed by atoms with Crippen LogP contribution in [-0.2, 0) is 6.54 Å². The first-order chi connectivity index (χ1) is 7.81. The van der Waals surface area contributed by atoms with Crippen molar-refractivity contribution in [2.75, 3.05) is 0 Å². The van der Waals surface area contributed by atoms with Gasteiger partial charge in [-0.25, -0.2) is 4.98 Å². The minimum absolute atomic E-state index is 0.247. The second-order valence-corrected chi connectivity index (χ2v) is 3.70. The van der Waals surface area contributed by atoms with Crippen molar-refractivity contribution in [3.05, 3.63) is 42.4 Å². The number of nitrogens with zero attached hydrogens (tertiary/aromatic N) is 2. The average molecular weight is 213 g/mol. The molecule has 0 aliphatic heterocycles. The van der Waals surface area contributed by atoms with Crippen molar-refractivity contribution < 1.29 is 5.11 Å². The zero-order valence-electron chi connectivity index (χ0n) is 8.59. The number of imidazole rings is 1. The second-order valence-electron chi connectivity index (χ2n) is 3.70. The van der Waals surface area contributed by atoms with E-state index in [2.05, 4.69) is 4.98 Å². The molecule has 2 aromatic heterocycles. The smallest absolute Gasteiger partial charge is 0.148 e. The Morgan fingerprint density at radius 2 is 2.19 bits per heavy atom. The Kier molecular flexibility index (Phi) is 1.84. The van der Waals surface area contributed by atoms with Crippen LogP contribution in [0.25, 0.3) is 16.4 Å². The summed E-state index contributed by atoms with van der Waals surface area (Å²) in [5.74, 6) is 0.247. The largest absolute Gasteiger partial charge is 0.507 e. The molecule has 0 unspecified atom stereocenters. The van der Waals surface area contributed by atoms with Crippen molar-refractivity contribution in [3.8, 4) is 5.75 Å². The van der Waals surface area contributed by atoms with Crippen LogP contribution in [0.2, 0.25) is 0 Å². The zero-order chi connectivity index (χ0) is 11.1. The summed E-state index contributed by atoms with van der Waals surface area (Å²) in [6, 6.07) is 7.38. The van der Waals surface area contributed by atoms with Crippen LogP contribution in [0.1, 0.15) is 5.69 Å². The molecule has 0 radical (unpaired) electrons. The number of aromatic hydroxyl groups is 1. The number of aromatic nitrogens is 2. The first kappa shape index (κ1) is 9.18. The maximum atomic E-state index is 9.87. The number of pyridine rings is 1. The van der Waals surface area contributed by atoms with Gasteiger partial charge in [0.15, 0.2) is 0 Å². The number of phenolic OH excluding ortho intramolecular Hbond substituents is 1. The summed E-state index contributed by atoms with van der Waals surface area (Å²) in [6.07, 6.45) is 3.66. The molecule has 0 aliphatic carbocycles. The molecule has 80 valence electrons. The van der Waals surface area contributed by atoms with Crippen LogP contribution in [-0.4, -0.2) is 14.5 Å². The molecule has 3 N–H and O–H groups in total. The molecule has 16 heavy (non-hydrogen) atoms. The van der Waals surface area contributed by atoms with Gasteiger partial charge in [-0.15, -0.1) is 0 Å². The Morgan fingerprint density at radius 1 is 1.31 bits per heavy atom. The van der Waals surface area contributed by atoms with E-state index in [1.165, 1.54) is 0 Å². The molecule has 3 rings (SSSR count). The lowest BCUT2D eigenvalue weighted by atomic mass is 10.1. The predicted molar refractivity (Wildman–Crippen MR) is 62.3 cm³/mol. The molecule has 4 nitrogen and oxygen atoms in total. The molecule has 0 aliphatic rings. The van der Waals surface area contributed by atoms with Crippen LogP contribution >= 0.6 is 0 Å². The minimum Gasteiger partial charge on any atom is -0.507 e. The minimum atomic E-state index is 0.247. The summed E-state index contributed by atoms with van der Waals surface area (Å²) in [4.78, 5) is 4.30. The van der Waals surface area contributed by atoms with Gasteiger partial charge in [-0.2, -0.15) is 0 Å². The molecular weight excluding hydrogens is 202 g/mol. The Hall–Kier alpha value is -2.07. The van der Waals surface area contributed by atoms with E-state index in [1.54, 1.807) is 12.3 Å². The van der Waals surface area contributed by atoms with Gasteiger partial charge < -0.3 is 15.2 Å². The molecule has 0 saturated heterocycles. The fraction of sp³-hybridized carbons (Fsp3) is 0.0833. The SMILES string of the molecule is NCc1cnc2c3c(O)cccc3ccn12. The summed E-state index contributed by atoms with van der Waals surface area (Å²) < 4.78 is 1.90. The number of fused-ring (bicyclic) bond motifs is 3. The molecule has 1 aromatic carbocycles. The molecule has 0 fully saturated rings. The van der Waals surface area contributed by atoms with Gasteiger partial charge in [0.05, 0.1) is 17.3 Å². The van der Waals surface area contributed by atoms with E-state index in [4.69, 9.17) is 5.73 Å². The van der Waals surface area contributed by atoms with E-state index in [9.17, 15) is 5.11 Å². The van der Waals surface area contributed by atoms with Crippen molar-refractivity contribution in [1.29, 1.82) is 0 Å². The lowest BCUT2D eigenvalue weighted by molar-refractivity contribution is 0.482. The summed E-state index contributed by atoms with van der Waals surface area (Å²) in [5, 5.41) is 11.6. The van der Waals surface area contributed by atoms with Crippen molar-refractivity contribution in [2.45, 2.75) is 6.54 Å². The number of phenols is 1. The van der Waals surface area contributed by atoms with Crippen molar-refractivity contribution in [3.63, 3.8) is 0 Å². The van der Waals surface area contributed by atoms with E-state index in [0.29, 0.717) is 6.54 Å². The molecule has 0 spiro atoms. The number of nitrogens with two attached hydrogens (primary N) is 1. The number of hydrogen-bond acceptors (Lipinski definition) is 3. The van der Waals surface area contributed by atoms with Gasteiger partial charge in [0, 0.05) is 12.7 Å². The van der Waals surface area contributed by atoms with Gasteiger partial charge in [-0.1, -0.05) is 12.1 Å². The highest BCUT2D eigenvalue weighted by Crippen LogP contribution is 2.28. The molecule has 4 heteroatoms. The molecule has 0 saturated carbocycles. The lowest BCUT2D eigenvalue weighted by Crippen LogP contribution is -2.00. The van der Waals surface area contributed by atoms with Gasteiger partial charge in [0.2, 0.25) is 0 Å². The second kappa shape index (κ2) is 3.21. The van der Waals surface area contributed by atoms with Crippen LogP contribution in [0.5, 0.6) is 5.75 Å². The fourth-order valence-corrected chi connectivity index (χ4v) is 1.99. The third-order valence-corrected chi connectivity index (χ3v) is 2.78. The Labute approximate surface area is 91.9 Å². The number of benzene rings is 1. The maximum Gasteiger partial charge on any atom is 0.148 e. The molecule has 0 amide bonds. The Balaban J connectivity index is 2.54. The Bertz CT molecular complexity index is 672. The highest BCUT2D eigenvalue weighted by molar-refractivity contribution is 5.98. The predicted octanol–water partition coefficient (Wildman–Crippen LogP) is 1.65. The van der Waals surface area contributed by atoms with Crippen LogP contribution in [0.4, 0.5) is 0 Å². The first-order valence-electron chi connectivity index (χ1n) is 5.08. The molecule has 0 atom stereocenters. The zero-order valence-corrected chi connectivity index (χ0v) is 8.59. The monoisotopic (exact) mass is 213 g/mol. The normalized spacial score (nSPS) is 11.3. The van der Waals surface area contributed by atoms with E-state index >= 15 is 0 Å². The van der Waals surface area contributed by atoms with Gasteiger partial charge in [0.1, 0.15) is 11.4 Å². The topological polar surface area (TPSA) is 63.5 Å². The molecule has 0 bridgehead atoms. The summed E-state index contributed by atoms with van der Waals surface area (Å²) >= 11 is 0. The van der Waals surface area contributed by atoms with E-state index in [0.717, 1.165) is 22.1 Å². The van der Waals surface area contributed by atoms with Crippen LogP contribution < -0.4 is 5.73 Å². The summed E-state index contributed by atoms with van der Waals surface area (Å²) in [6.45, 7) is 0.431. The molecular formula is C12H11N3O. The fourth-order valence-electron chi connectivity index (χ4n) is 1.99. The standard InChI is InChI=1S/C12H11N3O/c13-6-9-7-14-12-11-8(4-5-15(9)12)2-1-3-10(11)16/h1-5,7,16H,6,13H2. The summed E-state index contributed by atoms with van der Waals surface area (Å²) in [5.41, 5.74) is 7.30. The van der Waals surface area contributed by atoms with Gasteiger partial charge in [-0.3, -0.25) is 0 Å². The quantitative estimate of drug-likeness (QED) is 0.646. The van der Waals surface area contributed by atoms with Crippen molar-refractivity contribution in [1.82, 2.24) is 9.38 Å². The van der Waals surface area contributed by atoms with E-state index < -0.39 is 0 Å². The molecule has 2 heterocycles.